The summed E-state index contributed by atoms with van der Waals surface area (Å²) < 4.78 is 0. The number of thioether (sulfide) groups is 1. The molecule has 2 aromatic rings. The molecule has 0 aliphatic carbocycles. The summed E-state index contributed by atoms with van der Waals surface area (Å²) in [6.45, 7) is 4.89. The van der Waals surface area contributed by atoms with Gasteiger partial charge in [0.2, 0.25) is 0 Å². The number of nitrogens with one attached hydrogen (secondary N) is 1. The summed E-state index contributed by atoms with van der Waals surface area (Å²) in [6.07, 6.45) is 0. The Labute approximate surface area is 153 Å². The molecule has 0 saturated carbocycles. The largest absolute Gasteiger partial charge is 0.370 e. The fourth-order valence-corrected chi connectivity index (χ4v) is 2.83. The molecule has 0 radical (unpaired) electrons. The summed E-state index contributed by atoms with van der Waals surface area (Å²) in [5, 5.41) is 3.50. The van der Waals surface area contributed by atoms with Gasteiger partial charge in [-0.2, -0.15) is 0 Å². The molecule has 0 saturated heterocycles. The number of aryl methyl sites for hydroxylation is 1. The molecular formula is C17H22IN3S. The fraction of sp³-hybridized carbons (Fsp3) is 0.235. The van der Waals surface area contributed by atoms with Crippen LogP contribution in [0.15, 0.2) is 64.5 Å². The third-order valence-corrected chi connectivity index (χ3v) is 3.99. The maximum Gasteiger partial charge on any atom is 0.193 e. The summed E-state index contributed by atoms with van der Waals surface area (Å²) in [7, 11) is 0. The van der Waals surface area contributed by atoms with E-state index in [1.54, 1.807) is 11.8 Å². The van der Waals surface area contributed by atoms with Crippen molar-refractivity contribution in [3.63, 3.8) is 0 Å². The van der Waals surface area contributed by atoms with Gasteiger partial charge in [0.25, 0.3) is 0 Å². The van der Waals surface area contributed by atoms with Gasteiger partial charge in [-0.3, -0.25) is 4.99 Å². The normalized spacial score (nSPS) is 12.4. The van der Waals surface area contributed by atoms with Crippen molar-refractivity contribution in [3.05, 3.63) is 60.2 Å². The number of hydrogen-bond donors (Lipinski definition) is 2. The van der Waals surface area contributed by atoms with Gasteiger partial charge in [0.15, 0.2) is 5.96 Å². The number of nitrogens with zero attached hydrogens (tertiary/aromatic N) is 1. The zero-order chi connectivity index (χ0) is 15.1. The first-order valence-electron chi connectivity index (χ1n) is 6.99. The molecule has 5 heteroatoms. The average Bonchev–Trinajstić information content (AvgIpc) is 2.46. The van der Waals surface area contributed by atoms with Crippen LogP contribution in [0.25, 0.3) is 0 Å². The lowest BCUT2D eigenvalue weighted by Gasteiger charge is -2.10. The molecule has 1 atom stereocenters. The number of hydrogen-bond acceptors (Lipinski definition) is 2. The van der Waals surface area contributed by atoms with E-state index in [9.17, 15) is 0 Å². The minimum Gasteiger partial charge on any atom is -0.370 e. The van der Waals surface area contributed by atoms with Crippen LogP contribution in [0.5, 0.6) is 0 Å². The molecule has 0 fully saturated rings. The zero-order valence-electron chi connectivity index (χ0n) is 12.8. The van der Waals surface area contributed by atoms with E-state index in [0.29, 0.717) is 17.8 Å². The molecule has 1 unspecified atom stereocenters. The highest BCUT2D eigenvalue weighted by Gasteiger charge is 2.04. The predicted octanol–water partition coefficient (Wildman–Crippen LogP) is 4.52. The van der Waals surface area contributed by atoms with E-state index in [1.807, 2.05) is 36.4 Å². The van der Waals surface area contributed by atoms with Gasteiger partial charge in [-0.05, 0) is 36.8 Å². The Bertz CT molecular complexity index is 602. The molecule has 22 heavy (non-hydrogen) atoms. The van der Waals surface area contributed by atoms with Crippen LogP contribution >= 0.6 is 35.7 Å². The van der Waals surface area contributed by atoms with E-state index in [2.05, 4.69) is 42.4 Å². The number of nitrogens with two attached hydrogens (primary N) is 1. The molecule has 0 aliphatic rings. The van der Waals surface area contributed by atoms with E-state index in [1.165, 1.54) is 10.5 Å². The van der Waals surface area contributed by atoms with Crippen LogP contribution in [-0.4, -0.2) is 17.8 Å². The van der Waals surface area contributed by atoms with Gasteiger partial charge >= 0.3 is 0 Å². The highest BCUT2D eigenvalue weighted by Crippen LogP contribution is 2.22. The van der Waals surface area contributed by atoms with Crippen molar-refractivity contribution in [1.29, 1.82) is 0 Å². The Balaban J connectivity index is 0.00000242. The lowest BCUT2D eigenvalue weighted by Crippen LogP contribution is -2.23. The first kappa shape index (κ1) is 18.8. The SMILES string of the molecule is Cc1cccc(NC(N)=NCC(C)Sc2ccccc2)c1.I. The summed E-state index contributed by atoms with van der Waals surface area (Å²) in [5.41, 5.74) is 8.09. The van der Waals surface area contributed by atoms with Gasteiger partial charge in [0, 0.05) is 15.8 Å². The molecule has 0 amide bonds. The van der Waals surface area contributed by atoms with Gasteiger partial charge in [-0.25, -0.2) is 0 Å². The first-order valence-corrected chi connectivity index (χ1v) is 7.87. The zero-order valence-corrected chi connectivity index (χ0v) is 16.0. The first-order chi connectivity index (χ1) is 10.1. The van der Waals surface area contributed by atoms with Crippen molar-refractivity contribution in [2.45, 2.75) is 24.0 Å². The molecule has 2 rings (SSSR count). The second kappa shape index (κ2) is 9.74. The monoisotopic (exact) mass is 427 g/mol. The molecule has 0 spiro atoms. The van der Waals surface area contributed by atoms with Gasteiger partial charge in [0.05, 0.1) is 6.54 Å². The molecule has 0 heterocycles. The molecule has 118 valence electrons. The Morgan fingerprint density at radius 1 is 1.18 bits per heavy atom. The van der Waals surface area contributed by atoms with Crippen LogP contribution in [-0.2, 0) is 0 Å². The molecular weight excluding hydrogens is 405 g/mol. The molecule has 0 aliphatic heterocycles. The number of anilines is 1. The number of rotatable bonds is 5. The van der Waals surface area contributed by atoms with Crippen molar-refractivity contribution < 1.29 is 0 Å². The van der Waals surface area contributed by atoms with Gasteiger partial charge in [0.1, 0.15) is 0 Å². The number of benzene rings is 2. The van der Waals surface area contributed by atoms with Crippen LogP contribution in [0.2, 0.25) is 0 Å². The number of halogens is 1. The second-order valence-electron chi connectivity index (χ2n) is 4.96. The summed E-state index contributed by atoms with van der Waals surface area (Å²) in [5.74, 6) is 0.459. The predicted molar refractivity (Wildman–Crippen MR) is 108 cm³/mol. The van der Waals surface area contributed by atoms with Crippen molar-refractivity contribution >= 4 is 47.4 Å². The van der Waals surface area contributed by atoms with E-state index in [0.717, 1.165) is 5.69 Å². The van der Waals surface area contributed by atoms with Gasteiger partial charge < -0.3 is 11.1 Å². The van der Waals surface area contributed by atoms with Crippen LogP contribution < -0.4 is 11.1 Å². The molecule has 3 N–H and O–H groups in total. The van der Waals surface area contributed by atoms with Crippen LogP contribution in [0.3, 0.4) is 0 Å². The van der Waals surface area contributed by atoms with E-state index >= 15 is 0 Å². The van der Waals surface area contributed by atoms with Crippen LogP contribution in [0, 0.1) is 6.92 Å². The summed E-state index contributed by atoms with van der Waals surface area (Å²) in [6, 6.07) is 18.4. The Morgan fingerprint density at radius 2 is 1.91 bits per heavy atom. The Kier molecular flexibility index (Phi) is 8.34. The highest BCUT2D eigenvalue weighted by atomic mass is 127. The number of guanidine groups is 1. The Morgan fingerprint density at radius 3 is 2.59 bits per heavy atom. The highest BCUT2D eigenvalue weighted by molar-refractivity contribution is 14.0. The van der Waals surface area contributed by atoms with Gasteiger partial charge in [-0.1, -0.05) is 37.3 Å². The summed E-state index contributed by atoms with van der Waals surface area (Å²) in [4.78, 5) is 5.66. The maximum atomic E-state index is 5.93. The minimum atomic E-state index is 0. The third kappa shape index (κ3) is 6.70. The third-order valence-electron chi connectivity index (χ3n) is 2.89. The van der Waals surface area contributed by atoms with E-state index < -0.39 is 0 Å². The lowest BCUT2D eigenvalue weighted by atomic mass is 10.2. The summed E-state index contributed by atoms with van der Waals surface area (Å²) >= 11 is 1.80. The lowest BCUT2D eigenvalue weighted by molar-refractivity contribution is 0.948. The molecule has 0 bridgehead atoms. The van der Waals surface area contributed by atoms with Crippen molar-refractivity contribution in [1.82, 2.24) is 0 Å². The van der Waals surface area contributed by atoms with Crippen molar-refractivity contribution in [2.75, 3.05) is 11.9 Å². The fourth-order valence-electron chi connectivity index (χ4n) is 1.91. The Hall–Kier alpha value is -1.21. The van der Waals surface area contributed by atoms with Crippen molar-refractivity contribution in [2.24, 2.45) is 10.7 Å². The quantitative estimate of drug-likeness (QED) is 0.319. The molecule has 2 aromatic carbocycles. The van der Waals surface area contributed by atoms with Crippen LogP contribution in [0.1, 0.15) is 12.5 Å². The van der Waals surface area contributed by atoms with E-state index in [-0.39, 0.29) is 24.0 Å². The molecule has 0 aromatic heterocycles. The van der Waals surface area contributed by atoms with Gasteiger partial charge in [-0.15, -0.1) is 35.7 Å². The molecule has 3 nitrogen and oxygen atoms in total. The maximum absolute atomic E-state index is 5.93. The topological polar surface area (TPSA) is 50.4 Å². The number of aliphatic imine (C=N–C) groups is 1. The minimum absolute atomic E-state index is 0. The van der Waals surface area contributed by atoms with Crippen LogP contribution in [0.4, 0.5) is 5.69 Å². The average molecular weight is 427 g/mol. The standard InChI is InChI=1S/C17H21N3S.HI/c1-13-7-6-8-15(11-13)20-17(18)19-12-14(2)21-16-9-4-3-5-10-16;/h3-11,14H,12H2,1-2H3,(H3,18,19,20);1H. The van der Waals surface area contributed by atoms with Crippen molar-refractivity contribution in [3.8, 4) is 0 Å². The second-order valence-corrected chi connectivity index (χ2v) is 6.47. The smallest absolute Gasteiger partial charge is 0.193 e. The van der Waals surface area contributed by atoms with E-state index in [4.69, 9.17) is 5.73 Å².